The van der Waals surface area contributed by atoms with Crippen molar-refractivity contribution in [2.75, 3.05) is 32.2 Å². The number of benzene rings is 4. The van der Waals surface area contributed by atoms with Crippen molar-refractivity contribution in [3.8, 4) is 17.2 Å². The molecule has 0 saturated carbocycles. The molecule has 0 bridgehead atoms. The van der Waals surface area contributed by atoms with Crippen molar-refractivity contribution < 1.29 is 28.6 Å². The van der Waals surface area contributed by atoms with E-state index in [0.717, 1.165) is 22.4 Å². The molecule has 0 aliphatic carbocycles. The second-order valence-corrected chi connectivity index (χ2v) is 12.5. The van der Waals surface area contributed by atoms with Gasteiger partial charge in [0.1, 0.15) is 17.7 Å². The molecule has 5 rings (SSSR count). The largest absolute Gasteiger partial charge is 0.493 e. The summed E-state index contributed by atoms with van der Waals surface area (Å²) in [5.41, 5.74) is 9.49. The summed E-state index contributed by atoms with van der Waals surface area (Å²) in [6.45, 7) is 2.91. The Bertz CT molecular complexity index is 1700. The van der Waals surface area contributed by atoms with Gasteiger partial charge in [-0.1, -0.05) is 54.6 Å². The van der Waals surface area contributed by atoms with Gasteiger partial charge in [-0.05, 0) is 72.0 Å². The van der Waals surface area contributed by atoms with E-state index in [1.165, 1.54) is 11.8 Å². The zero-order valence-corrected chi connectivity index (χ0v) is 27.6. The molecule has 3 amide bonds. The number of nitrogens with zero attached hydrogens (tertiary/aromatic N) is 2. The van der Waals surface area contributed by atoms with Crippen LogP contribution in [0.2, 0.25) is 0 Å². The predicted octanol–water partition coefficient (Wildman–Crippen LogP) is 6.01. The lowest BCUT2D eigenvalue weighted by molar-refractivity contribution is -0.129. The normalized spacial score (nSPS) is 15.7. The Morgan fingerprint density at radius 2 is 1.60 bits per heavy atom. The fraction of sp³-hybridized carbons (Fsp3) is 0.270. The fourth-order valence-corrected chi connectivity index (χ4v) is 6.95. The highest BCUT2D eigenvalue weighted by molar-refractivity contribution is 8.01. The van der Waals surface area contributed by atoms with E-state index >= 15 is 0 Å². The summed E-state index contributed by atoms with van der Waals surface area (Å²) in [7, 11) is 3.18. The van der Waals surface area contributed by atoms with E-state index in [0.29, 0.717) is 55.3 Å². The van der Waals surface area contributed by atoms with Crippen LogP contribution in [0, 0.1) is 0 Å². The average Bonchev–Trinajstić information content (AvgIpc) is 3.43. The molecule has 1 heterocycles. The van der Waals surface area contributed by atoms with Crippen molar-refractivity contribution in [3.63, 3.8) is 0 Å². The first kappa shape index (κ1) is 33.4. The molecule has 0 radical (unpaired) electrons. The van der Waals surface area contributed by atoms with Crippen molar-refractivity contribution in [2.24, 2.45) is 5.73 Å². The van der Waals surface area contributed by atoms with Gasteiger partial charge >= 0.3 is 0 Å². The van der Waals surface area contributed by atoms with Gasteiger partial charge < -0.3 is 24.8 Å². The van der Waals surface area contributed by atoms with Crippen molar-refractivity contribution in [1.29, 1.82) is 0 Å². The standard InChI is InChI=1S/C37H39N3O6S/c1-25(41)39(20-18-26-12-17-32(44-2)33(22-26)45-3)21-19-34-36(43)40(30-11-7-10-29(23-30)35(38)42)37(47-34)28-13-15-31(16-14-28)46-24-27-8-5-4-6-9-27/h4-17,22-23,34,37H,18-21,24H2,1-3H3,(H2,38,42). The number of thioether (sulfide) groups is 1. The van der Waals surface area contributed by atoms with Crippen LogP contribution >= 0.6 is 11.8 Å². The number of nitrogens with two attached hydrogens (primary N) is 1. The quantitative estimate of drug-likeness (QED) is 0.177. The Hall–Kier alpha value is -4.96. The number of rotatable bonds is 14. The van der Waals surface area contributed by atoms with Gasteiger partial charge in [-0.3, -0.25) is 19.3 Å². The third kappa shape index (κ3) is 8.26. The van der Waals surface area contributed by atoms with Crippen LogP contribution in [0.1, 0.15) is 45.8 Å². The summed E-state index contributed by atoms with van der Waals surface area (Å²) in [5.74, 6) is 1.29. The summed E-state index contributed by atoms with van der Waals surface area (Å²) in [6.07, 6.45) is 1.09. The van der Waals surface area contributed by atoms with E-state index in [1.807, 2.05) is 78.9 Å². The first-order valence-electron chi connectivity index (χ1n) is 15.4. The zero-order chi connectivity index (χ0) is 33.3. The second-order valence-electron chi connectivity index (χ2n) is 11.2. The van der Waals surface area contributed by atoms with Gasteiger partial charge in [0, 0.05) is 31.3 Å². The van der Waals surface area contributed by atoms with E-state index < -0.39 is 11.2 Å². The van der Waals surface area contributed by atoms with Gasteiger partial charge in [-0.25, -0.2) is 0 Å². The highest BCUT2D eigenvalue weighted by Gasteiger charge is 2.42. The Kier molecular flexibility index (Phi) is 11.1. The Balaban J connectivity index is 1.31. The second kappa shape index (κ2) is 15.6. The summed E-state index contributed by atoms with van der Waals surface area (Å²) in [4.78, 5) is 42.2. The summed E-state index contributed by atoms with van der Waals surface area (Å²) in [5, 5.41) is -0.759. The minimum atomic E-state index is -0.564. The number of anilines is 1. The number of hydrogen-bond donors (Lipinski definition) is 1. The minimum Gasteiger partial charge on any atom is -0.493 e. The number of carbonyl (C=O) groups excluding carboxylic acids is 3. The maximum absolute atomic E-state index is 14.0. The minimum absolute atomic E-state index is 0.0606. The lowest BCUT2D eigenvalue weighted by atomic mass is 10.1. The maximum Gasteiger partial charge on any atom is 0.248 e. The smallest absolute Gasteiger partial charge is 0.248 e. The van der Waals surface area contributed by atoms with Crippen LogP contribution in [0.4, 0.5) is 5.69 Å². The lowest BCUT2D eigenvalue weighted by Gasteiger charge is -2.25. The molecule has 9 nitrogen and oxygen atoms in total. The molecular weight excluding hydrogens is 614 g/mol. The van der Waals surface area contributed by atoms with Crippen molar-refractivity contribution in [1.82, 2.24) is 4.90 Å². The molecule has 0 aromatic heterocycles. The molecule has 0 spiro atoms. The van der Waals surface area contributed by atoms with Gasteiger partial charge in [-0.15, -0.1) is 11.8 Å². The molecular formula is C37H39N3O6S. The monoisotopic (exact) mass is 653 g/mol. The van der Waals surface area contributed by atoms with E-state index in [2.05, 4.69) is 0 Å². The molecule has 2 unspecified atom stereocenters. The predicted molar refractivity (Wildman–Crippen MR) is 184 cm³/mol. The van der Waals surface area contributed by atoms with Gasteiger partial charge in [0.2, 0.25) is 17.7 Å². The number of methoxy groups -OCH3 is 2. The van der Waals surface area contributed by atoms with E-state index in [1.54, 1.807) is 49.1 Å². The van der Waals surface area contributed by atoms with Crippen LogP contribution in [-0.4, -0.2) is 55.2 Å². The Morgan fingerprint density at radius 1 is 0.851 bits per heavy atom. The Labute approximate surface area is 279 Å². The average molecular weight is 654 g/mol. The number of amides is 3. The van der Waals surface area contributed by atoms with E-state index in [9.17, 15) is 14.4 Å². The van der Waals surface area contributed by atoms with E-state index in [4.69, 9.17) is 19.9 Å². The molecule has 2 N–H and O–H groups in total. The number of carbonyl (C=O) groups is 3. The van der Waals surface area contributed by atoms with Gasteiger partial charge in [0.25, 0.3) is 0 Å². The summed E-state index contributed by atoms with van der Waals surface area (Å²) in [6, 6.07) is 30.2. The first-order valence-corrected chi connectivity index (χ1v) is 16.3. The molecule has 1 aliphatic rings. The van der Waals surface area contributed by atoms with Crippen LogP contribution in [0.5, 0.6) is 17.2 Å². The van der Waals surface area contributed by atoms with Crippen LogP contribution < -0.4 is 24.8 Å². The zero-order valence-electron chi connectivity index (χ0n) is 26.8. The molecule has 4 aromatic carbocycles. The van der Waals surface area contributed by atoms with E-state index in [-0.39, 0.29) is 17.2 Å². The van der Waals surface area contributed by atoms with Crippen LogP contribution in [0.15, 0.2) is 97.1 Å². The molecule has 1 aliphatic heterocycles. The van der Waals surface area contributed by atoms with Gasteiger partial charge in [0.05, 0.1) is 19.5 Å². The highest BCUT2D eigenvalue weighted by Crippen LogP contribution is 2.47. The molecule has 2 atom stereocenters. The summed E-state index contributed by atoms with van der Waals surface area (Å²) >= 11 is 1.53. The number of hydrogen-bond acceptors (Lipinski definition) is 7. The molecule has 1 saturated heterocycles. The molecule has 10 heteroatoms. The van der Waals surface area contributed by atoms with Crippen molar-refractivity contribution in [3.05, 3.63) is 119 Å². The van der Waals surface area contributed by atoms with Crippen LogP contribution in [0.3, 0.4) is 0 Å². The lowest BCUT2D eigenvalue weighted by Crippen LogP contribution is -2.36. The van der Waals surface area contributed by atoms with Crippen LogP contribution in [-0.2, 0) is 22.6 Å². The molecule has 4 aromatic rings. The van der Waals surface area contributed by atoms with Gasteiger partial charge in [0.15, 0.2) is 11.5 Å². The third-order valence-electron chi connectivity index (χ3n) is 8.09. The number of primary amides is 1. The van der Waals surface area contributed by atoms with Crippen LogP contribution in [0.25, 0.3) is 0 Å². The topological polar surface area (TPSA) is 111 Å². The molecule has 47 heavy (non-hydrogen) atoms. The van der Waals surface area contributed by atoms with Crippen molar-refractivity contribution >= 4 is 35.2 Å². The maximum atomic E-state index is 14.0. The molecule has 1 fully saturated rings. The first-order chi connectivity index (χ1) is 22.8. The number of ether oxygens (including phenoxy) is 3. The summed E-state index contributed by atoms with van der Waals surface area (Å²) < 4.78 is 16.7. The fourth-order valence-electron chi connectivity index (χ4n) is 5.51. The van der Waals surface area contributed by atoms with Crippen molar-refractivity contribution in [2.45, 2.75) is 37.0 Å². The van der Waals surface area contributed by atoms with Gasteiger partial charge in [-0.2, -0.15) is 0 Å². The highest BCUT2D eigenvalue weighted by atomic mass is 32.2. The third-order valence-corrected chi connectivity index (χ3v) is 9.59. The Morgan fingerprint density at radius 3 is 2.28 bits per heavy atom. The SMILES string of the molecule is COc1ccc(CCN(CCC2SC(c3ccc(OCc4ccccc4)cc3)N(c3cccc(C(N)=O)c3)C2=O)C(C)=O)cc1OC. The molecule has 244 valence electrons.